The Morgan fingerprint density at radius 2 is 1.31 bits per heavy atom. The minimum absolute atomic E-state index is 0.140. The maximum absolute atomic E-state index is 13.5. The van der Waals surface area contributed by atoms with Gasteiger partial charge in [0.2, 0.25) is 0 Å². The number of nitrogens with zero attached hydrogens (tertiary/aromatic N) is 3. The van der Waals surface area contributed by atoms with E-state index in [0.29, 0.717) is 11.0 Å². The second kappa shape index (κ2) is 6.80. The second-order valence-corrected chi connectivity index (χ2v) is 6.75. The number of hydrogen-bond acceptors (Lipinski definition) is 3. The van der Waals surface area contributed by atoms with Gasteiger partial charge in [-0.05, 0) is 42.0 Å². The molecule has 3 aromatic carbocycles. The van der Waals surface area contributed by atoms with Crippen molar-refractivity contribution in [3.05, 3.63) is 108 Å². The van der Waals surface area contributed by atoms with Crippen molar-refractivity contribution < 1.29 is 5.11 Å². The first-order valence-corrected chi connectivity index (χ1v) is 9.25. The van der Waals surface area contributed by atoms with E-state index in [0.717, 1.165) is 22.5 Å². The Morgan fingerprint density at radius 3 is 1.93 bits per heavy atom. The first-order chi connectivity index (χ1) is 14.2. The van der Waals surface area contributed by atoms with Crippen LogP contribution in [0.1, 0.15) is 0 Å². The van der Waals surface area contributed by atoms with Gasteiger partial charge in [-0.25, -0.2) is 4.98 Å². The number of phenols is 1. The van der Waals surface area contributed by atoms with Crippen molar-refractivity contribution in [3.8, 4) is 28.3 Å². The molecule has 0 fully saturated rings. The summed E-state index contributed by atoms with van der Waals surface area (Å²) in [6, 6.07) is 26.1. The van der Waals surface area contributed by atoms with E-state index >= 15 is 0 Å². The van der Waals surface area contributed by atoms with Gasteiger partial charge < -0.3 is 9.67 Å². The summed E-state index contributed by atoms with van der Waals surface area (Å²) in [6.07, 6.45) is 3.50. The molecule has 0 radical (unpaired) electrons. The van der Waals surface area contributed by atoms with Crippen molar-refractivity contribution in [2.75, 3.05) is 0 Å². The smallest absolute Gasteiger partial charge is 0.268 e. The minimum Gasteiger partial charge on any atom is -0.508 e. The van der Waals surface area contributed by atoms with Crippen LogP contribution in [0.15, 0.2) is 102 Å². The summed E-state index contributed by atoms with van der Waals surface area (Å²) in [5.74, 6) is 0.181. The zero-order valence-electron chi connectivity index (χ0n) is 15.4. The van der Waals surface area contributed by atoms with Crippen LogP contribution in [0.3, 0.4) is 0 Å². The Labute approximate surface area is 166 Å². The van der Waals surface area contributed by atoms with E-state index < -0.39 is 0 Å². The predicted molar refractivity (Wildman–Crippen MR) is 114 cm³/mol. The van der Waals surface area contributed by atoms with E-state index in [9.17, 15) is 9.90 Å². The van der Waals surface area contributed by atoms with Gasteiger partial charge in [0.1, 0.15) is 12.1 Å². The van der Waals surface area contributed by atoms with Gasteiger partial charge in [-0.15, -0.1) is 0 Å². The van der Waals surface area contributed by atoms with Crippen LogP contribution < -0.4 is 5.56 Å². The monoisotopic (exact) mass is 379 g/mol. The number of aromatic hydroxyl groups is 1. The fourth-order valence-corrected chi connectivity index (χ4v) is 3.54. The molecule has 29 heavy (non-hydrogen) atoms. The Kier molecular flexibility index (Phi) is 3.99. The van der Waals surface area contributed by atoms with Crippen LogP contribution in [0.4, 0.5) is 0 Å². The van der Waals surface area contributed by atoms with Gasteiger partial charge in [0.25, 0.3) is 5.56 Å². The lowest BCUT2D eigenvalue weighted by Gasteiger charge is -2.07. The van der Waals surface area contributed by atoms with E-state index in [-0.39, 0.29) is 11.3 Å². The fourth-order valence-electron chi connectivity index (χ4n) is 3.54. The maximum atomic E-state index is 13.5. The number of phenolic OH excluding ortho intramolecular Hbond substituents is 1. The van der Waals surface area contributed by atoms with Gasteiger partial charge in [-0.3, -0.25) is 9.36 Å². The van der Waals surface area contributed by atoms with Gasteiger partial charge in [0, 0.05) is 17.4 Å². The number of para-hydroxylation sites is 2. The molecule has 0 unspecified atom stereocenters. The highest BCUT2D eigenvalue weighted by molar-refractivity contribution is 5.94. The molecule has 1 N–H and O–H groups in total. The SMILES string of the molecule is O=c1c2c(-c3ccc(O)cc3)cn(-c3ccccc3)c2ncn1-c1ccccc1. The summed E-state index contributed by atoms with van der Waals surface area (Å²) in [5, 5.41) is 10.2. The van der Waals surface area contributed by atoms with Crippen LogP contribution in [0.5, 0.6) is 5.75 Å². The van der Waals surface area contributed by atoms with Crippen LogP contribution in [0, 0.1) is 0 Å². The van der Waals surface area contributed by atoms with Crippen LogP contribution >= 0.6 is 0 Å². The highest BCUT2D eigenvalue weighted by Gasteiger charge is 2.18. The molecule has 5 heteroatoms. The van der Waals surface area contributed by atoms with Crippen LogP contribution in [0.25, 0.3) is 33.5 Å². The Morgan fingerprint density at radius 1 is 0.724 bits per heavy atom. The standard InChI is InChI=1S/C24H17N3O2/c28-20-13-11-17(12-14-20)21-15-26(18-7-3-1-4-8-18)23-22(21)24(29)27(16-25-23)19-9-5-2-6-10-19/h1-16,28H. The Bertz CT molecular complexity index is 1350. The topological polar surface area (TPSA) is 60.0 Å². The van der Waals surface area contributed by atoms with Crippen molar-refractivity contribution in [1.29, 1.82) is 0 Å². The van der Waals surface area contributed by atoms with E-state index in [4.69, 9.17) is 0 Å². The number of benzene rings is 3. The average molecular weight is 379 g/mol. The molecular weight excluding hydrogens is 362 g/mol. The highest BCUT2D eigenvalue weighted by Crippen LogP contribution is 2.30. The first kappa shape index (κ1) is 17.0. The third kappa shape index (κ3) is 2.89. The number of aromatic nitrogens is 3. The molecule has 5 aromatic rings. The molecule has 140 valence electrons. The van der Waals surface area contributed by atoms with Gasteiger partial charge in [0.15, 0.2) is 5.65 Å². The molecule has 0 saturated heterocycles. The number of rotatable bonds is 3. The van der Waals surface area contributed by atoms with Crippen LogP contribution in [-0.4, -0.2) is 19.2 Å². The molecule has 5 rings (SSSR count). The Hall–Kier alpha value is -4.12. The first-order valence-electron chi connectivity index (χ1n) is 9.25. The minimum atomic E-state index is -0.140. The third-order valence-electron chi connectivity index (χ3n) is 4.95. The normalized spacial score (nSPS) is 11.0. The van der Waals surface area contributed by atoms with E-state index in [1.54, 1.807) is 35.2 Å². The largest absolute Gasteiger partial charge is 0.508 e. The number of hydrogen-bond donors (Lipinski definition) is 1. The van der Waals surface area contributed by atoms with Gasteiger partial charge in [-0.2, -0.15) is 0 Å². The molecule has 0 bridgehead atoms. The van der Waals surface area contributed by atoms with Crippen molar-refractivity contribution in [3.63, 3.8) is 0 Å². The molecule has 0 aliphatic rings. The molecule has 0 atom stereocenters. The Balaban J connectivity index is 1.84. The zero-order chi connectivity index (χ0) is 19.8. The average Bonchev–Trinajstić information content (AvgIpc) is 3.16. The van der Waals surface area contributed by atoms with Crippen molar-refractivity contribution in [2.24, 2.45) is 0 Å². The molecule has 0 amide bonds. The molecule has 0 aliphatic heterocycles. The van der Waals surface area contributed by atoms with E-state index in [1.807, 2.05) is 71.4 Å². The molecular formula is C24H17N3O2. The quantitative estimate of drug-likeness (QED) is 0.500. The third-order valence-corrected chi connectivity index (χ3v) is 4.95. The lowest BCUT2D eigenvalue weighted by atomic mass is 10.1. The van der Waals surface area contributed by atoms with Gasteiger partial charge in [0.05, 0.1) is 11.1 Å². The predicted octanol–water partition coefficient (Wildman–Crippen LogP) is 4.55. The molecule has 5 nitrogen and oxygen atoms in total. The van der Waals surface area contributed by atoms with Crippen molar-refractivity contribution >= 4 is 11.0 Å². The van der Waals surface area contributed by atoms with Crippen molar-refractivity contribution in [1.82, 2.24) is 14.1 Å². The fraction of sp³-hybridized carbons (Fsp3) is 0. The zero-order valence-corrected chi connectivity index (χ0v) is 15.4. The summed E-state index contributed by atoms with van der Waals surface area (Å²) in [4.78, 5) is 18.1. The summed E-state index contributed by atoms with van der Waals surface area (Å²) in [7, 11) is 0. The molecule has 2 aromatic heterocycles. The van der Waals surface area contributed by atoms with E-state index in [2.05, 4.69) is 4.98 Å². The summed E-state index contributed by atoms with van der Waals surface area (Å²) >= 11 is 0. The van der Waals surface area contributed by atoms with Crippen LogP contribution in [-0.2, 0) is 0 Å². The lowest BCUT2D eigenvalue weighted by Crippen LogP contribution is -2.19. The molecule has 2 heterocycles. The van der Waals surface area contributed by atoms with Crippen molar-refractivity contribution in [2.45, 2.75) is 0 Å². The highest BCUT2D eigenvalue weighted by atomic mass is 16.3. The summed E-state index contributed by atoms with van der Waals surface area (Å²) in [5.41, 5.74) is 3.75. The molecule has 0 spiro atoms. The van der Waals surface area contributed by atoms with E-state index in [1.165, 1.54) is 0 Å². The van der Waals surface area contributed by atoms with Crippen LogP contribution in [0.2, 0.25) is 0 Å². The summed E-state index contributed by atoms with van der Waals surface area (Å²) in [6.45, 7) is 0. The summed E-state index contributed by atoms with van der Waals surface area (Å²) < 4.78 is 3.48. The van der Waals surface area contributed by atoms with Gasteiger partial charge >= 0.3 is 0 Å². The second-order valence-electron chi connectivity index (χ2n) is 6.75. The lowest BCUT2D eigenvalue weighted by molar-refractivity contribution is 0.475. The molecule has 0 aliphatic carbocycles. The maximum Gasteiger partial charge on any atom is 0.268 e. The van der Waals surface area contributed by atoms with Gasteiger partial charge in [-0.1, -0.05) is 48.5 Å². The number of fused-ring (bicyclic) bond motifs is 1. The molecule has 0 saturated carbocycles.